The molecule has 0 bridgehead atoms. The number of hydrogen-bond donors (Lipinski definition) is 2. The first-order valence-corrected chi connectivity index (χ1v) is 8.18. The van der Waals surface area contributed by atoms with E-state index in [4.69, 9.17) is 5.11 Å². The molecule has 0 aliphatic heterocycles. The Kier molecular flexibility index (Phi) is 6.07. The summed E-state index contributed by atoms with van der Waals surface area (Å²) in [5.41, 5.74) is 0. The van der Waals surface area contributed by atoms with Crippen LogP contribution >= 0.6 is 11.3 Å². The molecule has 0 amide bonds. The van der Waals surface area contributed by atoms with Crippen molar-refractivity contribution >= 4 is 16.5 Å². The van der Waals surface area contributed by atoms with Crippen LogP contribution in [0.1, 0.15) is 43.9 Å². The number of rotatable bonds is 9. The van der Waals surface area contributed by atoms with E-state index in [-0.39, 0.29) is 6.61 Å². The third-order valence-corrected chi connectivity index (χ3v) is 4.57. The number of thiazole rings is 1. The molecule has 1 aliphatic carbocycles. The highest BCUT2D eigenvalue weighted by molar-refractivity contribution is 7.15. The zero-order valence-corrected chi connectivity index (χ0v) is 12.6. The number of nitrogens with one attached hydrogen (secondary N) is 1. The summed E-state index contributed by atoms with van der Waals surface area (Å²) in [6.45, 7) is 5.42. The number of nitrogens with zero attached hydrogens (tertiary/aromatic N) is 2. The number of aliphatic hydroxyl groups is 1. The molecule has 0 radical (unpaired) electrons. The quantitative estimate of drug-likeness (QED) is 0.731. The summed E-state index contributed by atoms with van der Waals surface area (Å²) < 4.78 is 0. The lowest BCUT2D eigenvalue weighted by Gasteiger charge is -2.37. The molecule has 108 valence electrons. The zero-order chi connectivity index (χ0) is 13.5. The predicted molar refractivity (Wildman–Crippen MR) is 80.6 cm³/mol. The Balaban J connectivity index is 1.86. The van der Waals surface area contributed by atoms with Gasteiger partial charge in [-0.2, -0.15) is 0 Å². The summed E-state index contributed by atoms with van der Waals surface area (Å²) in [7, 11) is 0. The van der Waals surface area contributed by atoms with Crippen LogP contribution in [0.3, 0.4) is 0 Å². The Morgan fingerprint density at radius 3 is 3.00 bits per heavy atom. The van der Waals surface area contributed by atoms with Crippen LogP contribution in [0.4, 0.5) is 5.13 Å². The number of anilines is 1. The van der Waals surface area contributed by atoms with Gasteiger partial charge in [-0.1, -0.05) is 13.3 Å². The topological polar surface area (TPSA) is 48.4 Å². The SMILES string of the molecule is CCCNc1ncc(CN(CCCO)C2CCC2)s1. The van der Waals surface area contributed by atoms with Gasteiger partial charge in [0, 0.05) is 43.4 Å². The highest BCUT2D eigenvalue weighted by Crippen LogP contribution is 2.28. The molecule has 0 aromatic carbocycles. The van der Waals surface area contributed by atoms with Gasteiger partial charge in [0.25, 0.3) is 0 Å². The second kappa shape index (κ2) is 7.82. The van der Waals surface area contributed by atoms with Crippen molar-refractivity contribution in [2.45, 2.75) is 51.6 Å². The van der Waals surface area contributed by atoms with Gasteiger partial charge in [-0.05, 0) is 25.7 Å². The smallest absolute Gasteiger partial charge is 0.182 e. The van der Waals surface area contributed by atoms with E-state index in [9.17, 15) is 0 Å². The number of hydrogen-bond acceptors (Lipinski definition) is 5. The standard InChI is InChI=1S/C14H25N3OS/c1-2-7-15-14-16-10-13(19-14)11-17(8-4-9-18)12-5-3-6-12/h10,12,18H,2-9,11H2,1H3,(H,15,16). The van der Waals surface area contributed by atoms with Gasteiger partial charge in [0.15, 0.2) is 5.13 Å². The minimum Gasteiger partial charge on any atom is -0.396 e. The fraction of sp³-hybridized carbons (Fsp3) is 0.786. The molecule has 19 heavy (non-hydrogen) atoms. The van der Waals surface area contributed by atoms with Crippen molar-refractivity contribution in [3.63, 3.8) is 0 Å². The van der Waals surface area contributed by atoms with Gasteiger partial charge in [0.05, 0.1) is 0 Å². The lowest BCUT2D eigenvalue weighted by atomic mass is 9.91. The normalized spacial score (nSPS) is 15.7. The van der Waals surface area contributed by atoms with Crippen LogP contribution in [0.25, 0.3) is 0 Å². The lowest BCUT2D eigenvalue weighted by molar-refractivity contribution is 0.110. The third kappa shape index (κ3) is 4.44. The first-order valence-electron chi connectivity index (χ1n) is 7.37. The van der Waals surface area contributed by atoms with E-state index in [1.807, 2.05) is 6.20 Å². The average molecular weight is 283 g/mol. The van der Waals surface area contributed by atoms with Crippen LogP contribution < -0.4 is 5.32 Å². The average Bonchev–Trinajstić information content (AvgIpc) is 2.79. The summed E-state index contributed by atoms with van der Waals surface area (Å²) in [5, 5.41) is 13.4. The molecule has 0 unspecified atom stereocenters. The molecular formula is C14H25N3OS. The third-order valence-electron chi connectivity index (χ3n) is 3.63. The van der Waals surface area contributed by atoms with E-state index in [0.29, 0.717) is 0 Å². The first-order chi connectivity index (χ1) is 9.33. The van der Waals surface area contributed by atoms with Crippen molar-refractivity contribution in [2.24, 2.45) is 0 Å². The van der Waals surface area contributed by atoms with Gasteiger partial charge in [0.2, 0.25) is 0 Å². The van der Waals surface area contributed by atoms with Crippen LogP contribution in [0.15, 0.2) is 6.20 Å². The maximum absolute atomic E-state index is 9.01. The fourth-order valence-electron chi connectivity index (χ4n) is 2.31. The summed E-state index contributed by atoms with van der Waals surface area (Å²) in [4.78, 5) is 8.25. The molecule has 1 fully saturated rings. The molecule has 4 nitrogen and oxygen atoms in total. The van der Waals surface area contributed by atoms with E-state index in [1.54, 1.807) is 11.3 Å². The second-order valence-corrected chi connectivity index (χ2v) is 6.31. The molecule has 5 heteroatoms. The monoisotopic (exact) mass is 283 g/mol. The van der Waals surface area contributed by atoms with E-state index >= 15 is 0 Å². The highest BCUT2D eigenvalue weighted by atomic mass is 32.1. The van der Waals surface area contributed by atoms with Crippen molar-refractivity contribution in [2.75, 3.05) is 25.0 Å². The molecule has 0 atom stereocenters. The van der Waals surface area contributed by atoms with Crippen LogP contribution in [0.5, 0.6) is 0 Å². The van der Waals surface area contributed by atoms with Crippen molar-refractivity contribution in [1.82, 2.24) is 9.88 Å². The Morgan fingerprint density at radius 2 is 2.37 bits per heavy atom. The predicted octanol–water partition coefficient (Wildman–Crippen LogP) is 2.70. The van der Waals surface area contributed by atoms with Gasteiger partial charge in [-0.3, -0.25) is 4.90 Å². The van der Waals surface area contributed by atoms with E-state index < -0.39 is 0 Å². The Hall–Kier alpha value is -0.650. The number of aliphatic hydroxyl groups excluding tert-OH is 1. The molecule has 1 aliphatic rings. The molecule has 1 heterocycles. The highest BCUT2D eigenvalue weighted by Gasteiger charge is 2.24. The van der Waals surface area contributed by atoms with Gasteiger partial charge in [0.1, 0.15) is 0 Å². The Bertz CT molecular complexity index is 365. The summed E-state index contributed by atoms with van der Waals surface area (Å²) in [6.07, 6.45) is 7.96. The largest absolute Gasteiger partial charge is 0.396 e. The molecule has 2 N–H and O–H groups in total. The molecule has 1 saturated carbocycles. The van der Waals surface area contributed by atoms with Crippen LogP contribution in [-0.2, 0) is 6.54 Å². The zero-order valence-electron chi connectivity index (χ0n) is 11.8. The molecule has 0 saturated heterocycles. The van der Waals surface area contributed by atoms with Crippen LogP contribution in [0, 0.1) is 0 Å². The van der Waals surface area contributed by atoms with Crippen molar-refractivity contribution in [1.29, 1.82) is 0 Å². The molecule has 2 rings (SSSR count). The minimum absolute atomic E-state index is 0.287. The maximum Gasteiger partial charge on any atom is 0.182 e. The fourth-order valence-corrected chi connectivity index (χ4v) is 3.17. The van der Waals surface area contributed by atoms with Crippen molar-refractivity contribution < 1.29 is 5.11 Å². The van der Waals surface area contributed by atoms with Gasteiger partial charge >= 0.3 is 0 Å². The van der Waals surface area contributed by atoms with Crippen LogP contribution in [0.2, 0.25) is 0 Å². The van der Waals surface area contributed by atoms with Crippen molar-refractivity contribution in [3.8, 4) is 0 Å². The van der Waals surface area contributed by atoms with Gasteiger partial charge in [-0.25, -0.2) is 4.98 Å². The molecular weight excluding hydrogens is 258 g/mol. The van der Waals surface area contributed by atoms with Gasteiger partial charge < -0.3 is 10.4 Å². The first kappa shape index (κ1) is 14.8. The number of aromatic nitrogens is 1. The second-order valence-electron chi connectivity index (χ2n) is 5.19. The van der Waals surface area contributed by atoms with E-state index in [1.165, 1.54) is 24.1 Å². The van der Waals surface area contributed by atoms with Crippen molar-refractivity contribution in [3.05, 3.63) is 11.1 Å². The molecule has 0 spiro atoms. The Labute approximate surface area is 119 Å². The Morgan fingerprint density at radius 1 is 1.53 bits per heavy atom. The van der Waals surface area contributed by atoms with Gasteiger partial charge in [-0.15, -0.1) is 11.3 Å². The molecule has 1 aromatic heterocycles. The molecule has 1 aromatic rings. The minimum atomic E-state index is 0.287. The lowest BCUT2D eigenvalue weighted by Crippen LogP contribution is -2.40. The van der Waals surface area contributed by atoms with E-state index in [2.05, 4.69) is 22.1 Å². The van der Waals surface area contributed by atoms with Crippen LogP contribution in [-0.4, -0.2) is 40.7 Å². The maximum atomic E-state index is 9.01. The van der Waals surface area contributed by atoms with E-state index in [0.717, 1.165) is 43.6 Å². The summed E-state index contributed by atoms with van der Waals surface area (Å²) in [5.74, 6) is 0. The summed E-state index contributed by atoms with van der Waals surface area (Å²) >= 11 is 1.76. The summed E-state index contributed by atoms with van der Waals surface area (Å²) in [6, 6.07) is 0.723.